The van der Waals surface area contributed by atoms with E-state index in [0.29, 0.717) is 6.04 Å². The Morgan fingerprint density at radius 2 is 2.56 bits per heavy atom. The average molecular weight is 286 g/mol. The summed E-state index contributed by atoms with van der Waals surface area (Å²) in [6.45, 7) is 3.32. The van der Waals surface area contributed by atoms with E-state index < -0.39 is 0 Å². The number of nitrogens with one attached hydrogen (secondary N) is 1. The summed E-state index contributed by atoms with van der Waals surface area (Å²) in [6.07, 6.45) is 1.83. The van der Waals surface area contributed by atoms with Gasteiger partial charge in [0, 0.05) is 19.3 Å². The topological polar surface area (TPSA) is 37.4 Å². The number of pyridine rings is 1. The van der Waals surface area contributed by atoms with Gasteiger partial charge in [0.15, 0.2) is 0 Å². The van der Waals surface area contributed by atoms with Gasteiger partial charge in [0.25, 0.3) is 0 Å². The van der Waals surface area contributed by atoms with Crippen LogP contribution in [0.5, 0.6) is 0 Å². The molecular weight excluding hydrogens is 270 g/mol. The van der Waals surface area contributed by atoms with Gasteiger partial charge < -0.3 is 15.0 Å². The van der Waals surface area contributed by atoms with Crippen LogP contribution in [0.2, 0.25) is 0 Å². The summed E-state index contributed by atoms with van der Waals surface area (Å²) in [5, 5.41) is 3.19. The number of morpholine rings is 1. The van der Waals surface area contributed by atoms with Gasteiger partial charge >= 0.3 is 0 Å². The number of rotatable bonds is 3. The van der Waals surface area contributed by atoms with Gasteiger partial charge in [-0.15, -0.1) is 0 Å². The van der Waals surface area contributed by atoms with Crippen LogP contribution in [-0.2, 0) is 4.74 Å². The lowest BCUT2D eigenvalue weighted by Crippen LogP contribution is -2.50. The van der Waals surface area contributed by atoms with E-state index >= 15 is 0 Å². The predicted molar refractivity (Wildman–Crippen MR) is 67.8 cm³/mol. The third kappa shape index (κ3) is 2.53. The van der Waals surface area contributed by atoms with E-state index in [1.165, 1.54) is 0 Å². The normalized spacial score (nSPS) is 21.1. The molecule has 1 fully saturated rings. The molecule has 16 heavy (non-hydrogen) atoms. The van der Waals surface area contributed by atoms with Crippen LogP contribution in [0, 0.1) is 0 Å². The molecule has 1 saturated heterocycles. The minimum absolute atomic E-state index is 0.352. The molecule has 1 aromatic rings. The second-order valence-electron chi connectivity index (χ2n) is 3.79. The van der Waals surface area contributed by atoms with Gasteiger partial charge in [0.05, 0.1) is 23.7 Å². The molecule has 1 aromatic heterocycles. The fourth-order valence-electron chi connectivity index (χ4n) is 1.93. The molecule has 0 spiro atoms. The first-order valence-electron chi connectivity index (χ1n) is 5.42. The summed E-state index contributed by atoms with van der Waals surface area (Å²) in [4.78, 5) is 6.73. The second-order valence-corrected chi connectivity index (χ2v) is 4.64. The summed E-state index contributed by atoms with van der Waals surface area (Å²) in [5.74, 6) is 1.01. The quantitative estimate of drug-likeness (QED) is 0.908. The highest BCUT2D eigenvalue weighted by Crippen LogP contribution is 2.25. The Morgan fingerprint density at radius 1 is 1.69 bits per heavy atom. The Labute approximate surface area is 104 Å². The number of ether oxygens (including phenoxy) is 1. The van der Waals surface area contributed by atoms with Crippen molar-refractivity contribution in [3.8, 4) is 0 Å². The lowest BCUT2D eigenvalue weighted by Gasteiger charge is -2.36. The third-order valence-corrected chi connectivity index (χ3v) is 3.30. The Kier molecular flexibility index (Phi) is 4.15. The monoisotopic (exact) mass is 285 g/mol. The molecule has 0 aliphatic carbocycles. The fraction of sp³-hybridized carbons (Fsp3) is 0.545. The summed E-state index contributed by atoms with van der Waals surface area (Å²) in [6, 6.07) is 4.31. The number of halogens is 1. The summed E-state index contributed by atoms with van der Waals surface area (Å²) in [7, 11) is 1.96. The van der Waals surface area contributed by atoms with Crippen LogP contribution in [-0.4, -0.2) is 44.4 Å². The number of anilines is 1. The molecule has 2 rings (SSSR count). The first kappa shape index (κ1) is 11.8. The fourth-order valence-corrected chi connectivity index (χ4v) is 2.41. The number of hydrogen-bond acceptors (Lipinski definition) is 4. The van der Waals surface area contributed by atoms with Crippen molar-refractivity contribution < 1.29 is 4.74 Å². The number of nitrogens with zero attached hydrogens (tertiary/aromatic N) is 2. The minimum atomic E-state index is 0.352. The molecule has 0 bridgehead atoms. The number of aromatic nitrogens is 1. The Morgan fingerprint density at radius 3 is 3.31 bits per heavy atom. The Bertz CT molecular complexity index is 346. The van der Waals surface area contributed by atoms with Crippen molar-refractivity contribution in [1.29, 1.82) is 0 Å². The summed E-state index contributed by atoms with van der Waals surface area (Å²) >= 11 is 3.55. The number of hydrogen-bond donors (Lipinski definition) is 1. The van der Waals surface area contributed by atoms with Gasteiger partial charge in [0.1, 0.15) is 5.82 Å². The standard InChI is InChI=1S/C11H16BrN3O/c1-13-7-9-8-16-6-5-15(9)11-10(12)3-2-4-14-11/h2-4,9,13H,5-8H2,1H3. The zero-order chi connectivity index (χ0) is 11.4. The minimum Gasteiger partial charge on any atom is -0.377 e. The molecule has 0 aromatic carbocycles. The molecule has 88 valence electrons. The van der Waals surface area contributed by atoms with Crippen LogP contribution < -0.4 is 10.2 Å². The highest BCUT2D eigenvalue weighted by atomic mass is 79.9. The molecule has 1 aliphatic rings. The van der Waals surface area contributed by atoms with Crippen LogP contribution in [0.1, 0.15) is 0 Å². The van der Waals surface area contributed by atoms with Crippen LogP contribution in [0.4, 0.5) is 5.82 Å². The van der Waals surface area contributed by atoms with E-state index in [4.69, 9.17) is 4.74 Å². The maximum absolute atomic E-state index is 5.50. The van der Waals surface area contributed by atoms with Crippen molar-refractivity contribution in [3.63, 3.8) is 0 Å². The highest BCUT2D eigenvalue weighted by Gasteiger charge is 2.24. The van der Waals surface area contributed by atoms with Crippen LogP contribution in [0.25, 0.3) is 0 Å². The Balaban J connectivity index is 2.19. The lowest BCUT2D eigenvalue weighted by atomic mass is 10.2. The lowest BCUT2D eigenvalue weighted by molar-refractivity contribution is 0.0938. The van der Waals surface area contributed by atoms with Gasteiger partial charge in [0.2, 0.25) is 0 Å². The maximum atomic E-state index is 5.50. The first-order valence-corrected chi connectivity index (χ1v) is 6.21. The number of likely N-dealkylation sites (N-methyl/N-ethyl adjacent to an activating group) is 1. The molecule has 1 unspecified atom stereocenters. The molecular formula is C11H16BrN3O. The predicted octanol–water partition coefficient (Wildman–Crippen LogP) is 1.27. The van der Waals surface area contributed by atoms with Gasteiger partial charge in [-0.05, 0) is 35.1 Å². The maximum Gasteiger partial charge on any atom is 0.143 e. The van der Waals surface area contributed by atoms with Gasteiger partial charge in [-0.1, -0.05) is 0 Å². The molecule has 1 N–H and O–H groups in total. The molecule has 0 amide bonds. The molecule has 4 nitrogen and oxygen atoms in total. The molecule has 0 saturated carbocycles. The smallest absolute Gasteiger partial charge is 0.143 e. The van der Waals surface area contributed by atoms with Crippen molar-refractivity contribution in [2.45, 2.75) is 6.04 Å². The van der Waals surface area contributed by atoms with E-state index in [0.717, 1.165) is 36.6 Å². The van der Waals surface area contributed by atoms with Crippen LogP contribution in [0.15, 0.2) is 22.8 Å². The Hall–Kier alpha value is -0.650. The van der Waals surface area contributed by atoms with Crippen molar-refractivity contribution in [1.82, 2.24) is 10.3 Å². The van der Waals surface area contributed by atoms with E-state index in [1.54, 1.807) is 0 Å². The molecule has 2 heterocycles. The molecule has 1 atom stereocenters. The van der Waals surface area contributed by atoms with Gasteiger partial charge in [-0.25, -0.2) is 4.98 Å². The van der Waals surface area contributed by atoms with Crippen LogP contribution in [0.3, 0.4) is 0 Å². The largest absolute Gasteiger partial charge is 0.377 e. The summed E-state index contributed by atoms with van der Waals surface area (Å²) < 4.78 is 6.54. The zero-order valence-corrected chi connectivity index (χ0v) is 10.9. The average Bonchev–Trinajstić information content (AvgIpc) is 2.31. The van der Waals surface area contributed by atoms with E-state index in [2.05, 4.69) is 31.1 Å². The van der Waals surface area contributed by atoms with Gasteiger partial charge in [-0.3, -0.25) is 0 Å². The highest BCUT2D eigenvalue weighted by molar-refractivity contribution is 9.10. The van der Waals surface area contributed by atoms with Crippen molar-refractivity contribution in [2.75, 3.05) is 38.3 Å². The third-order valence-electron chi connectivity index (χ3n) is 2.68. The van der Waals surface area contributed by atoms with Crippen molar-refractivity contribution >= 4 is 21.7 Å². The van der Waals surface area contributed by atoms with Crippen molar-refractivity contribution in [2.24, 2.45) is 0 Å². The SMILES string of the molecule is CNCC1COCCN1c1ncccc1Br. The molecule has 0 radical (unpaired) electrons. The van der Waals surface area contributed by atoms with E-state index in [9.17, 15) is 0 Å². The second kappa shape index (κ2) is 5.61. The van der Waals surface area contributed by atoms with Crippen LogP contribution >= 0.6 is 15.9 Å². The van der Waals surface area contributed by atoms with Gasteiger partial charge in [-0.2, -0.15) is 0 Å². The zero-order valence-electron chi connectivity index (χ0n) is 9.32. The first-order chi connectivity index (χ1) is 7.83. The van der Waals surface area contributed by atoms with E-state index in [1.807, 2.05) is 25.4 Å². The summed E-state index contributed by atoms with van der Waals surface area (Å²) in [5.41, 5.74) is 0. The molecule has 5 heteroatoms. The molecule has 1 aliphatic heterocycles. The van der Waals surface area contributed by atoms with E-state index in [-0.39, 0.29) is 0 Å². The van der Waals surface area contributed by atoms with Crippen molar-refractivity contribution in [3.05, 3.63) is 22.8 Å².